The van der Waals surface area contributed by atoms with Crippen LogP contribution in [0.1, 0.15) is 67.2 Å². The minimum absolute atomic E-state index is 0. The zero-order valence-corrected chi connectivity index (χ0v) is 19.5. The number of rotatable bonds is 8. The van der Waals surface area contributed by atoms with Crippen molar-refractivity contribution in [2.24, 2.45) is 11.5 Å². The average molecular weight is 429 g/mol. The molecule has 0 rings (SSSR count). The Balaban J connectivity index is -0.000000451. The van der Waals surface area contributed by atoms with Crippen LogP contribution in [0.4, 0.5) is 0 Å². The first-order valence-corrected chi connectivity index (χ1v) is 8.81. The summed E-state index contributed by atoms with van der Waals surface area (Å²) in [4.78, 5) is 42.6. The van der Waals surface area contributed by atoms with Gasteiger partial charge in [0.2, 0.25) is 0 Å². The standard InChI is InChI=1S/2C9H17NO4.Mg/c2*1-9(2,3)14-7(11)5-4-6(10)8(12)13;/h2*6H,4-5,10H2,1-3H3,(H,12,13);/q;;+2/p-2/t2*6-;/m00./s1. The van der Waals surface area contributed by atoms with E-state index in [1.165, 1.54) is 0 Å². The Morgan fingerprint density at radius 1 is 0.724 bits per heavy atom. The number of carbonyl (C=O) groups is 4. The molecule has 0 aromatic rings. The molecule has 0 aliphatic carbocycles. The zero-order valence-electron chi connectivity index (χ0n) is 18.1. The molecule has 0 saturated heterocycles. The van der Waals surface area contributed by atoms with E-state index < -0.39 is 47.2 Å². The van der Waals surface area contributed by atoms with E-state index in [-0.39, 0.29) is 48.7 Å². The van der Waals surface area contributed by atoms with E-state index in [1.807, 2.05) is 0 Å². The number of hydrogen-bond acceptors (Lipinski definition) is 10. The average Bonchev–Trinajstić information content (AvgIpc) is 2.47. The molecule has 164 valence electrons. The maximum Gasteiger partial charge on any atom is 2.00 e. The third-order valence-electron chi connectivity index (χ3n) is 2.76. The van der Waals surface area contributed by atoms with E-state index in [2.05, 4.69) is 0 Å². The molecule has 0 fully saturated rings. The maximum absolute atomic E-state index is 11.1. The van der Waals surface area contributed by atoms with Gasteiger partial charge in [-0.1, -0.05) is 0 Å². The smallest absolute Gasteiger partial charge is 0.548 e. The Labute approximate surface area is 187 Å². The van der Waals surface area contributed by atoms with E-state index in [9.17, 15) is 29.4 Å². The number of hydrogen-bond donors (Lipinski definition) is 2. The van der Waals surface area contributed by atoms with Crippen molar-refractivity contribution in [2.45, 2.75) is 90.5 Å². The number of carboxylic acid groups (broad SMARTS) is 2. The molecule has 2 atom stereocenters. The number of aliphatic carboxylic acids is 2. The molecule has 0 bridgehead atoms. The molecule has 0 unspecified atom stereocenters. The van der Waals surface area contributed by atoms with Gasteiger partial charge in [0, 0.05) is 24.9 Å². The molecule has 0 spiro atoms. The molecule has 0 aromatic carbocycles. The second-order valence-electron chi connectivity index (χ2n) is 8.10. The first kappa shape index (κ1) is 32.2. The molecule has 0 aliphatic rings. The van der Waals surface area contributed by atoms with Gasteiger partial charge in [0.15, 0.2) is 0 Å². The fourth-order valence-electron chi connectivity index (χ4n) is 1.57. The first-order chi connectivity index (χ1) is 12.4. The van der Waals surface area contributed by atoms with E-state index >= 15 is 0 Å². The van der Waals surface area contributed by atoms with Gasteiger partial charge in [0.1, 0.15) is 11.2 Å². The second kappa shape index (κ2) is 14.5. The normalized spacial score (nSPS) is 13.0. The molecular formula is C18H32MgN2O8. The number of nitrogens with two attached hydrogens (primary N) is 2. The van der Waals surface area contributed by atoms with Crippen LogP contribution in [0.5, 0.6) is 0 Å². The van der Waals surface area contributed by atoms with Crippen molar-refractivity contribution in [3.63, 3.8) is 0 Å². The predicted octanol–water partition coefficient (Wildman–Crippen LogP) is -2.01. The van der Waals surface area contributed by atoms with Gasteiger partial charge in [0.25, 0.3) is 0 Å². The van der Waals surface area contributed by atoms with Crippen LogP contribution in [0, 0.1) is 0 Å². The quantitative estimate of drug-likeness (QED) is 0.323. The van der Waals surface area contributed by atoms with Crippen LogP contribution in [0.3, 0.4) is 0 Å². The van der Waals surface area contributed by atoms with Gasteiger partial charge in [-0.3, -0.25) is 9.59 Å². The van der Waals surface area contributed by atoms with Crippen LogP contribution in [-0.2, 0) is 28.7 Å². The number of ether oxygens (including phenoxy) is 2. The fourth-order valence-corrected chi connectivity index (χ4v) is 1.57. The summed E-state index contributed by atoms with van der Waals surface area (Å²) < 4.78 is 9.92. The second-order valence-corrected chi connectivity index (χ2v) is 8.10. The topological polar surface area (TPSA) is 185 Å². The molecule has 11 heteroatoms. The van der Waals surface area contributed by atoms with Crippen molar-refractivity contribution in [3.05, 3.63) is 0 Å². The van der Waals surface area contributed by atoms with Crippen LogP contribution < -0.4 is 21.7 Å². The van der Waals surface area contributed by atoms with Crippen molar-refractivity contribution >= 4 is 46.9 Å². The Hall–Kier alpha value is -1.43. The summed E-state index contributed by atoms with van der Waals surface area (Å²) in [6.07, 6.45) is 0.0628. The molecule has 0 amide bonds. The Bertz CT molecular complexity index is 493. The molecule has 0 aliphatic heterocycles. The van der Waals surface area contributed by atoms with Gasteiger partial charge < -0.3 is 40.7 Å². The molecule has 0 aromatic heterocycles. The summed E-state index contributed by atoms with van der Waals surface area (Å²) in [6.45, 7) is 10.4. The van der Waals surface area contributed by atoms with Gasteiger partial charge in [-0.15, -0.1) is 0 Å². The third-order valence-corrected chi connectivity index (χ3v) is 2.76. The molecule has 0 heterocycles. The fraction of sp³-hybridized carbons (Fsp3) is 0.778. The van der Waals surface area contributed by atoms with Crippen molar-refractivity contribution in [1.82, 2.24) is 0 Å². The minimum atomic E-state index is -1.35. The predicted molar refractivity (Wildman–Crippen MR) is 102 cm³/mol. The SMILES string of the molecule is CC(C)(C)OC(=O)CC[C@H](N)C(=O)[O-].CC(C)(C)OC(=O)CC[C@H](N)C(=O)[O-].[Mg+2]. The Kier molecular flexibility index (Phi) is 16.2. The number of carboxylic acids is 2. The van der Waals surface area contributed by atoms with Crippen molar-refractivity contribution in [3.8, 4) is 0 Å². The summed E-state index contributed by atoms with van der Waals surface area (Å²) >= 11 is 0. The number of esters is 2. The van der Waals surface area contributed by atoms with Gasteiger partial charge in [-0.2, -0.15) is 0 Å². The van der Waals surface area contributed by atoms with Crippen molar-refractivity contribution < 1.29 is 38.9 Å². The monoisotopic (exact) mass is 428 g/mol. The van der Waals surface area contributed by atoms with Crippen LogP contribution in [0.25, 0.3) is 0 Å². The first-order valence-electron chi connectivity index (χ1n) is 8.81. The summed E-state index contributed by atoms with van der Waals surface area (Å²) in [7, 11) is 0. The Morgan fingerprint density at radius 2 is 0.966 bits per heavy atom. The van der Waals surface area contributed by atoms with E-state index in [1.54, 1.807) is 41.5 Å². The van der Waals surface area contributed by atoms with Crippen LogP contribution in [0.2, 0.25) is 0 Å². The van der Waals surface area contributed by atoms with Crippen LogP contribution in [-0.4, -0.2) is 70.2 Å². The summed E-state index contributed by atoms with van der Waals surface area (Å²) in [6, 6.07) is -2.22. The molecule has 4 N–H and O–H groups in total. The van der Waals surface area contributed by atoms with Crippen LogP contribution in [0.15, 0.2) is 0 Å². The van der Waals surface area contributed by atoms with Crippen LogP contribution >= 0.6 is 0 Å². The van der Waals surface area contributed by atoms with E-state index in [0.29, 0.717) is 0 Å². The molecule has 10 nitrogen and oxygen atoms in total. The third kappa shape index (κ3) is 22.7. The molecule has 0 radical (unpaired) electrons. The summed E-state index contributed by atoms with van der Waals surface area (Å²) in [5.74, 6) is -3.61. The molecule has 29 heavy (non-hydrogen) atoms. The van der Waals surface area contributed by atoms with Crippen molar-refractivity contribution in [1.29, 1.82) is 0 Å². The number of carbonyl (C=O) groups excluding carboxylic acids is 4. The zero-order chi connectivity index (χ0) is 22.7. The maximum atomic E-state index is 11.1. The molecule has 0 saturated carbocycles. The molecular weight excluding hydrogens is 397 g/mol. The summed E-state index contributed by atoms with van der Waals surface area (Å²) in [5.41, 5.74) is 9.21. The van der Waals surface area contributed by atoms with Gasteiger partial charge in [-0.05, 0) is 54.4 Å². The largest absolute Gasteiger partial charge is 2.00 e. The van der Waals surface area contributed by atoms with E-state index in [4.69, 9.17) is 20.9 Å². The van der Waals surface area contributed by atoms with Gasteiger partial charge >= 0.3 is 35.0 Å². The Morgan fingerprint density at radius 3 is 1.14 bits per heavy atom. The van der Waals surface area contributed by atoms with Gasteiger partial charge in [-0.25, -0.2) is 0 Å². The summed E-state index contributed by atoms with van der Waals surface area (Å²) in [5, 5.41) is 20.4. The van der Waals surface area contributed by atoms with Crippen molar-refractivity contribution in [2.75, 3.05) is 0 Å². The van der Waals surface area contributed by atoms with Gasteiger partial charge in [0.05, 0.1) is 11.9 Å². The minimum Gasteiger partial charge on any atom is -0.548 e. The van der Waals surface area contributed by atoms with E-state index in [0.717, 1.165) is 0 Å².